The number of hydrogen-bond acceptors (Lipinski definition) is 4. The van der Waals surface area contributed by atoms with E-state index >= 15 is 0 Å². The van der Waals surface area contributed by atoms with Gasteiger partial charge in [0.05, 0.1) is 6.10 Å². The van der Waals surface area contributed by atoms with Crippen molar-refractivity contribution in [2.75, 3.05) is 0 Å². The van der Waals surface area contributed by atoms with E-state index in [2.05, 4.69) is 27.7 Å². The first-order valence-corrected chi connectivity index (χ1v) is 5.15. The molecule has 0 saturated carbocycles. The van der Waals surface area contributed by atoms with Gasteiger partial charge in [0, 0.05) is 0 Å². The molecule has 1 aliphatic rings. The second kappa shape index (κ2) is 3.45. The molecule has 0 spiro atoms. The molecular formula is C10H22N2O2. The van der Waals surface area contributed by atoms with Crippen molar-refractivity contribution in [2.24, 2.45) is 23.3 Å². The molecule has 4 heteroatoms. The molecule has 0 radical (unpaired) electrons. The summed E-state index contributed by atoms with van der Waals surface area (Å²) in [5, 5.41) is 0. The van der Waals surface area contributed by atoms with Crippen molar-refractivity contribution in [1.82, 2.24) is 0 Å². The third-order valence-electron chi connectivity index (χ3n) is 3.01. The van der Waals surface area contributed by atoms with Crippen LogP contribution in [0.4, 0.5) is 0 Å². The first kappa shape index (κ1) is 11.9. The molecular weight excluding hydrogens is 180 g/mol. The van der Waals surface area contributed by atoms with E-state index in [-0.39, 0.29) is 6.10 Å². The fraction of sp³-hybridized carbons (Fsp3) is 1.00. The van der Waals surface area contributed by atoms with Gasteiger partial charge in [0.15, 0.2) is 0 Å². The first-order chi connectivity index (χ1) is 6.19. The van der Waals surface area contributed by atoms with Gasteiger partial charge < -0.3 is 9.47 Å². The minimum atomic E-state index is -1.44. The topological polar surface area (TPSA) is 70.5 Å². The molecule has 1 aliphatic heterocycles. The SMILES string of the molecule is CC(C)[C@H]1OC(N)(N)O[C@]1(C)C(C)C. The van der Waals surface area contributed by atoms with E-state index in [4.69, 9.17) is 20.9 Å². The molecule has 0 amide bonds. The highest BCUT2D eigenvalue weighted by Crippen LogP contribution is 2.40. The van der Waals surface area contributed by atoms with Crippen LogP contribution in [0.1, 0.15) is 34.6 Å². The summed E-state index contributed by atoms with van der Waals surface area (Å²) in [5.41, 5.74) is 10.9. The van der Waals surface area contributed by atoms with Gasteiger partial charge in [-0.15, -0.1) is 0 Å². The number of ether oxygens (including phenoxy) is 2. The van der Waals surface area contributed by atoms with Crippen LogP contribution < -0.4 is 11.5 Å². The predicted molar refractivity (Wildman–Crippen MR) is 55.1 cm³/mol. The van der Waals surface area contributed by atoms with Gasteiger partial charge in [-0.05, 0) is 18.8 Å². The lowest BCUT2D eigenvalue weighted by Crippen LogP contribution is -2.52. The zero-order chi connectivity index (χ0) is 11.1. The summed E-state index contributed by atoms with van der Waals surface area (Å²) in [7, 11) is 0. The lowest BCUT2D eigenvalue weighted by atomic mass is 9.82. The van der Waals surface area contributed by atoms with Gasteiger partial charge >= 0.3 is 0 Å². The number of hydrogen-bond donors (Lipinski definition) is 2. The summed E-state index contributed by atoms with van der Waals surface area (Å²) in [4.78, 5) is 0. The van der Waals surface area contributed by atoms with Crippen LogP contribution in [-0.4, -0.2) is 17.7 Å². The quantitative estimate of drug-likeness (QED) is 0.655. The Morgan fingerprint density at radius 3 is 1.93 bits per heavy atom. The lowest BCUT2D eigenvalue weighted by molar-refractivity contribution is -0.186. The smallest absolute Gasteiger partial charge is 0.287 e. The summed E-state index contributed by atoms with van der Waals surface area (Å²) < 4.78 is 11.1. The predicted octanol–water partition coefficient (Wildman–Crippen LogP) is 1.00. The first-order valence-electron chi connectivity index (χ1n) is 5.15. The number of nitrogens with two attached hydrogens (primary N) is 2. The highest BCUT2D eigenvalue weighted by atomic mass is 16.8. The molecule has 0 bridgehead atoms. The fourth-order valence-corrected chi connectivity index (χ4v) is 1.99. The summed E-state index contributed by atoms with van der Waals surface area (Å²) in [6.45, 7) is 10.3. The third kappa shape index (κ3) is 1.93. The standard InChI is InChI=1S/C10H22N2O2/c1-6(2)8-9(5,7(3)4)14-10(11,12)13-8/h6-8H,11-12H2,1-5H3/t8-,9-/m1/s1. The summed E-state index contributed by atoms with van der Waals surface area (Å²) in [6, 6.07) is -1.44. The maximum atomic E-state index is 5.65. The van der Waals surface area contributed by atoms with E-state index in [1.807, 2.05) is 6.92 Å². The maximum absolute atomic E-state index is 5.65. The van der Waals surface area contributed by atoms with Crippen LogP contribution in [-0.2, 0) is 9.47 Å². The Kier molecular flexibility index (Phi) is 2.94. The average Bonchev–Trinajstić information content (AvgIpc) is 2.22. The minimum absolute atomic E-state index is 0.0579. The van der Waals surface area contributed by atoms with Crippen LogP contribution in [0.25, 0.3) is 0 Å². The van der Waals surface area contributed by atoms with Crippen molar-refractivity contribution >= 4 is 0 Å². The maximum Gasteiger partial charge on any atom is 0.287 e. The minimum Gasteiger partial charge on any atom is -0.318 e. The molecule has 4 nitrogen and oxygen atoms in total. The molecule has 0 aromatic rings. The Morgan fingerprint density at radius 2 is 1.64 bits per heavy atom. The Labute approximate surface area is 85.9 Å². The normalized spacial score (nSPS) is 37.1. The molecule has 0 aliphatic carbocycles. The highest BCUT2D eigenvalue weighted by Gasteiger charge is 2.53. The van der Waals surface area contributed by atoms with Crippen LogP contribution in [0.2, 0.25) is 0 Å². The molecule has 84 valence electrons. The molecule has 0 aromatic carbocycles. The molecule has 1 rings (SSSR count). The largest absolute Gasteiger partial charge is 0.318 e. The van der Waals surface area contributed by atoms with Gasteiger partial charge in [0.25, 0.3) is 6.03 Å². The summed E-state index contributed by atoms with van der Waals surface area (Å²) in [6.07, 6.45) is -0.0579. The van der Waals surface area contributed by atoms with Crippen LogP contribution >= 0.6 is 0 Å². The Hall–Kier alpha value is -0.160. The van der Waals surface area contributed by atoms with Crippen molar-refractivity contribution in [2.45, 2.75) is 52.4 Å². The van der Waals surface area contributed by atoms with E-state index in [1.165, 1.54) is 0 Å². The van der Waals surface area contributed by atoms with Crippen molar-refractivity contribution in [1.29, 1.82) is 0 Å². The van der Waals surface area contributed by atoms with Gasteiger partial charge in [-0.1, -0.05) is 27.7 Å². The van der Waals surface area contributed by atoms with Crippen LogP contribution in [0.15, 0.2) is 0 Å². The average molecular weight is 202 g/mol. The van der Waals surface area contributed by atoms with Gasteiger partial charge in [-0.25, -0.2) is 0 Å². The van der Waals surface area contributed by atoms with Gasteiger partial charge in [0.1, 0.15) is 5.60 Å². The van der Waals surface area contributed by atoms with E-state index in [1.54, 1.807) is 0 Å². The molecule has 0 unspecified atom stereocenters. The zero-order valence-corrected chi connectivity index (χ0v) is 9.70. The Morgan fingerprint density at radius 1 is 1.14 bits per heavy atom. The van der Waals surface area contributed by atoms with Crippen LogP contribution in [0.3, 0.4) is 0 Å². The third-order valence-corrected chi connectivity index (χ3v) is 3.01. The van der Waals surface area contributed by atoms with Crippen molar-refractivity contribution in [3.63, 3.8) is 0 Å². The fourth-order valence-electron chi connectivity index (χ4n) is 1.99. The lowest BCUT2D eigenvalue weighted by Gasteiger charge is -2.34. The van der Waals surface area contributed by atoms with Crippen molar-refractivity contribution in [3.05, 3.63) is 0 Å². The molecule has 0 aromatic heterocycles. The van der Waals surface area contributed by atoms with Crippen molar-refractivity contribution < 1.29 is 9.47 Å². The Balaban J connectivity index is 2.93. The van der Waals surface area contributed by atoms with Gasteiger partial charge in [-0.3, -0.25) is 11.5 Å². The molecule has 1 fully saturated rings. The van der Waals surface area contributed by atoms with Crippen LogP contribution in [0, 0.1) is 11.8 Å². The molecule has 4 N–H and O–H groups in total. The van der Waals surface area contributed by atoms with Crippen molar-refractivity contribution in [3.8, 4) is 0 Å². The van der Waals surface area contributed by atoms with Gasteiger partial charge in [0.2, 0.25) is 0 Å². The van der Waals surface area contributed by atoms with E-state index < -0.39 is 11.6 Å². The molecule has 2 atom stereocenters. The Bertz CT molecular complexity index is 216. The van der Waals surface area contributed by atoms with Crippen LogP contribution in [0.5, 0.6) is 0 Å². The summed E-state index contributed by atoms with van der Waals surface area (Å²) in [5.74, 6) is 0.639. The molecule has 14 heavy (non-hydrogen) atoms. The monoisotopic (exact) mass is 202 g/mol. The zero-order valence-electron chi connectivity index (χ0n) is 9.70. The number of rotatable bonds is 2. The summed E-state index contributed by atoms with van der Waals surface area (Å²) >= 11 is 0. The van der Waals surface area contributed by atoms with E-state index in [0.717, 1.165) is 0 Å². The van der Waals surface area contributed by atoms with E-state index in [0.29, 0.717) is 11.8 Å². The molecule has 1 saturated heterocycles. The second-order valence-electron chi connectivity index (χ2n) is 4.94. The molecule has 1 heterocycles. The second-order valence-corrected chi connectivity index (χ2v) is 4.94. The highest BCUT2D eigenvalue weighted by molar-refractivity contribution is 4.95. The van der Waals surface area contributed by atoms with Gasteiger partial charge in [-0.2, -0.15) is 0 Å². The van der Waals surface area contributed by atoms with E-state index in [9.17, 15) is 0 Å².